The van der Waals surface area contributed by atoms with Gasteiger partial charge in [0, 0.05) is 0 Å². The van der Waals surface area contributed by atoms with Gasteiger partial charge >= 0.3 is 12.0 Å². The number of urea groups is 1. The minimum absolute atomic E-state index is 0.0797. The number of imide groups is 1. The molecule has 25 heavy (non-hydrogen) atoms. The van der Waals surface area contributed by atoms with Crippen molar-refractivity contribution in [1.82, 2.24) is 5.32 Å². The normalized spacial score (nSPS) is 11.4. The molecule has 0 aliphatic carbocycles. The van der Waals surface area contributed by atoms with Crippen LogP contribution in [0.2, 0.25) is 5.02 Å². The van der Waals surface area contributed by atoms with Gasteiger partial charge in [-0.3, -0.25) is 10.1 Å². The number of nitrogens with two attached hydrogens (primary N) is 1. The molecule has 3 N–H and O–H groups in total. The number of amides is 3. The average Bonchev–Trinajstić information content (AvgIpc) is 2.53. The van der Waals surface area contributed by atoms with E-state index in [1.807, 2.05) is 12.2 Å². The van der Waals surface area contributed by atoms with Crippen molar-refractivity contribution >= 4 is 29.5 Å². The Bertz CT molecular complexity index is 650. The highest BCUT2D eigenvalue weighted by atomic mass is 35.5. The highest BCUT2D eigenvalue weighted by Gasteiger charge is 2.22. The number of carbonyl (C=O) groups excluding carboxylic acids is 3. The second-order valence-corrected chi connectivity index (χ2v) is 5.38. The lowest BCUT2D eigenvalue weighted by molar-refractivity contribution is -0.127. The minimum atomic E-state index is -1.22. The molecule has 0 unspecified atom stereocenters. The van der Waals surface area contributed by atoms with Crippen molar-refractivity contribution in [2.45, 2.75) is 33.3 Å². The van der Waals surface area contributed by atoms with Crippen molar-refractivity contribution in [2.75, 3.05) is 13.2 Å². The lowest BCUT2D eigenvalue weighted by atomic mass is 10.2. The third kappa shape index (κ3) is 6.15. The topological polar surface area (TPSA) is 117 Å². The van der Waals surface area contributed by atoms with E-state index in [0.29, 0.717) is 24.7 Å². The Morgan fingerprint density at radius 1 is 1.24 bits per heavy atom. The van der Waals surface area contributed by atoms with Crippen molar-refractivity contribution in [3.63, 3.8) is 0 Å². The molecule has 1 rings (SSSR count). The van der Waals surface area contributed by atoms with Gasteiger partial charge in [0.25, 0.3) is 5.91 Å². The van der Waals surface area contributed by atoms with Crippen molar-refractivity contribution in [3.05, 3.63) is 22.7 Å². The maximum atomic E-state index is 12.2. The summed E-state index contributed by atoms with van der Waals surface area (Å²) in [5, 5.41) is 2.01. The first-order chi connectivity index (χ1) is 11.8. The minimum Gasteiger partial charge on any atom is -0.490 e. The predicted molar refractivity (Wildman–Crippen MR) is 91.0 cm³/mol. The highest BCUT2D eigenvalue weighted by Crippen LogP contribution is 2.37. The smallest absolute Gasteiger partial charge is 0.339 e. The van der Waals surface area contributed by atoms with Gasteiger partial charge in [0.15, 0.2) is 17.6 Å². The van der Waals surface area contributed by atoms with Crippen LogP contribution in [-0.2, 0) is 9.53 Å². The summed E-state index contributed by atoms with van der Waals surface area (Å²) in [5.41, 5.74) is 4.92. The molecule has 0 spiro atoms. The number of rotatable bonds is 8. The van der Waals surface area contributed by atoms with Crippen molar-refractivity contribution in [3.8, 4) is 11.5 Å². The van der Waals surface area contributed by atoms with Crippen LogP contribution in [-0.4, -0.2) is 37.2 Å². The summed E-state index contributed by atoms with van der Waals surface area (Å²) in [4.78, 5) is 34.4. The summed E-state index contributed by atoms with van der Waals surface area (Å²) in [6, 6.07) is 1.74. The Kier molecular flexibility index (Phi) is 8.00. The van der Waals surface area contributed by atoms with Crippen LogP contribution in [0, 0.1) is 0 Å². The van der Waals surface area contributed by atoms with Crippen LogP contribution in [0.25, 0.3) is 0 Å². The average molecular weight is 373 g/mol. The zero-order valence-corrected chi connectivity index (χ0v) is 15.0. The van der Waals surface area contributed by atoms with Crippen molar-refractivity contribution in [1.29, 1.82) is 0 Å². The number of carbonyl (C=O) groups is 3. The molecule has 0 saturated heterocycles. The molecule has 8 nitrogen and oxygen atoms in total. The van der Waals surface area contributed by atoms with Gasteiger partial charge in [-0.2, -0.15) is 0 Å². The van der Waals surface area contributed by atoms with Crippen LogP contribution in [0.5, 0.6) is 11.5 Å². The molecule has 0 aromatic heterocycles. The molecule has 0 saturated carbocycles. The first-order valence-corrected chi connectivity index (χ1v) is 8.08. The lowest BCUT2D eigenvalue weighted by Gasteiger charge is -2.16. The fraction of sp³-hybridized carbons (Fsp3) is 0.438. The number of esters is 1. The van der Waals surface area contributed by atoms with Crippen molar-refractivity contribution < 1.29 is 28.6 Å². The van der Waals surface area contributed by atoms with Gasteiger partial charge in [0.1, 0.15) is 0 Å². The number of hydrogen-bond acceptors (Lipinski definition) is 6. The molecule has 138 valence electrons. The number of benzene rings is 1. The van der Waals surface area contributed by atoms with Crippen molar-refractivity contribution in [2.24, 2.45) is 5.73 Å². The zero-order valence-electron chi connectivity index (χ0n) is 14.3. The van der Waals surface area contributed by atoms with Gasteiger partial charge in [0.2, 0.25) is 0 Å². The molecule has 9 heteroatoms. The number of halogens is 1. The third-order valence-corrected chi connectivity index (χ3v) is 3.18. The van der Waals surface area contributed by atoms with Gasteiger partial charge in [-0.1, -0.05) is 18.5 Å². The Balaban J connectivity index is 2.98. The first-order valence-electron chi connectivity index (χ1n) is 7.70. The molecule has 0 fully saturated rings. The molecule has 1 aromatic rings. The summed E-state index contributed by atoms with van der Waals surface area (Å²) < 4.78 is 16.0. The molecule has 0 aliphatic heterocycles. The fourth-order valence-electron chi connectivity index (χ4n) is 1.80. The van der Waals surface area contributed by atoms with Crippen LogP contribution in [0.3, 0.4) is 0 Å². The molecule has 0 radical (unpaired) electrons. The van der Waals surface area contributed by atoms with E-state index in [-0.39, 0.29) is 10.6 Å². The fourth-order valence-corrected chi connectivity index (χ4v) is 2.06. The maximum Gasteiger partial charge on any atom is 0.339 e. The Labute approximate surface area is 150 Å². The highest BCUT2D eigenvalue weighted by molar-refractivity contribution is 6.32. The van der Waals surface area contributed by atoms with Crippen LogP contribution in [0.1, 0.15) is 37.6 Å². The maximum absolute atomic E-state index is 12.2. The third-order valence-electron chi connectivity index (χ3n) is 2.90. The second kappa shape index (κ2) is 9.73. The monoisotopic (exact) mass is 372 g/mol. The summed E-state index contributed by atoms with van der Waals surface area (Å²) in [6.45, 7) is 5.81. The number of primary amides is 1. The summed E-state index contributed by atoms with van der Waals surface area (Å²) in [5.74, 6) is -1.01. The summed E-state index contributed by atoms with van der Waals surface area (Å²) in [6.07, 6.45) is -0.441. The SMILES string of the molecule is CCCOc1c(Cl)cc(C(=O)O[C@H](C)C(=O)NC(N)=O)cc1OCC. The molecular formula is C16H21ClN2O6. The van der Waals surface area contributed by atoms with E-state index in [1.165, 1.54) is 19.1 Å². The van der Waals surface area contributed by atoms with Crippen LogP contribution >= 0.6 is 11.6 Å². The van der Waals surface area contributed by atoms with Crippen LogP contribution < -0.4 is 20.5 Å². The van der Waals surface area contributed by atoms with Gasteiger partial charge in [-0.05, 0) is 32.4 Å². The van der Waals surface area contributed by atoms with Gasteiger partial charge in [-0.25, -0.2) is 9.59 Å². The van der Waals surface area contributed by atoms with E-state index < -0.39 is 24.0 Å². The molecule has 0 heterocycles. The Morgan fingerprint density at radius 2 is 1.92 bits per heavy atom. The van der Waals surface area contributed by atoms with E-state index in [2.05, 4.69) is 0 Å². The zero-order chi connectivity index (χ0) is 19.0. The largest absolute Gasteiger partial charge is 0.490 e. The number of hydrogen-bond donors (Lipinski definition) is 2. The lowest BCUT2D eigenvalue weighted by Crippen LogP contribution is -2.42. The van der Waals surface area contributed by atoms with E-state index >= 15 is 0 Å². The van der Waals surface area contributed by atoms with E-state index in [1.54, 1.807) is 6.92 Å². The van der Waals surface area contributed by atoms with Gasteiger partial charge in [-0.15, -0.1) is 0 Å². The number of ether oxygens (including phenoxy) is 3. The summed E-state index contributed by atoms with van der Waals surface area (Å²) >= 11 is 6.16. The van der Waals surface area contributed by atoms with Crippen LogP contribution in [0.15, 0.2) is 12.1 Å². The predicted octanol–water partition coefficient (Wildman–Crippen LogP) is 2.27. The summed E-state index contributed by atoms with van der Waals surface area (Å²) in [7, 11) is 0. The molecule has 1 atom stereocenters. The quantitative estimate of drug-likeness (QED) is 0.676. The van der Waals surface area contributed by atoms with E-state index in [9.17, 15) is 14.4 Å². The van der Waals surface area contributed by atoms with Crippen LogP contribution in [0.4, 0.5) is 4.79 Å². The molecule has 0 aliphatic rings. The Morgan fingerprint density at radius 3 is 2.48 bits per heavy atom. The number of nitrogens with one attached hydrogen (secondary N) is 1. The Hall–Kier alpha value is -2.48. The van der Waals surface area contributed by atoms with E-state index in [0.717, 1.165) is 6.42 Å². The standard InChI is InChI=1S/C16H21ClN2O6/c1-4-6-24-13-11(17)7-10(8-12(13)23-5-2)15(21)25-9(3)14(20)19-16(18)22/h7-9H,4-6H2,1-3H3,(H3,18,19,20,22)/t9-/m1/s1. The van der Waals surface area contributed by atoms with E-state index in [4.69, 9.17) is 31.5 Å². The van der Waals surface area contributed by atoms with Gasteiger partial charge in [0.05, 0.1) is 23.8 Å². The molecule has 0 bridgehead atoms. The molecule has 1 aromatic carbocycles. The first kappa shape index (κ1) is 20.6. The van der Waals surface area contributed by atoms with Gasteiger partial charge < -0.3 is 19.9 Å². The molecular weight excluding hydrogens is 352 g/mol. The molecule has 3 amide bonds. The second-order valence-electron chi connectivity index (χ2n) is 4.97.